The molecule has 1 saturated heterocycles. The maximum atomic E-state index is 12.6. The van der Waals surface area contributed by atoms with E-state index in [9.17, 15) is 4.79 Å². The lowest BCUT2D eigenvalue weighted by atomic mass is 9.97. The molecule has 0 saturated carbocycles. The van der Waals surface area contributed by atoms with Crippen molar-refractivity contribution in [2.24, 2.45) is 5.92 Å². The Labute approximate surface area is 179 Å². The van der Waals surface area contributed by atoms with Crippen LogP contribution >= 0.6 is 0 Å². The molecule has 6 nitrogen and oxygen atoms in total. The molecular formula is C24H33N3O3. The van der Waals surface area contributed by atoms with Gasteiger partial charge in [-0.25, -0.2) is 4.79 Å². The van der Waals surface area contributed by atoms with Crippen molar-refractivity contribution in [2.75, 3.05) is 52.8 Å². The van der Waals surface area contributed by atoms with Crippen LogP contribution in [0.1, 0.15) is 18.4 Å². The Morgan fingerprint density at radius 2 is 1.90 bits per heavy atom. The van der Waals surface area contributed by atoms with E-state index < -0.39 is 0 Å². The number of benzene rings is 2. The number of urea groups is 1. The number of hydrogen-bond acceptors (Lipinski definition) is 4. The Morgan fingerprint density at radius 3 is 2.63 bits per heavy atom. The highest BCUT2D eigenvalue weighted by molar-refractivity contribution is 5.89. The predicted octanol–water partition coefficient (Wildman–Crippen LogP) is 4.12. The van der Waals surface area contributed by atoms with E-state index in [1.54, 1.807) is 19.1 Å². The third kappa shape index (κ3) is 6.13. The number of methoxy groups -OCH3 is 2. The third-order valence-corrected chi connectivity index (χ3v) is 5.71. The lowest BCUT2D eigenvalue weighted by Crippen LogP contribution is -2.43. The van der Waals surface area contributed by atoms with Crippen LogP contribution in [-0.2, 0) is 6.42 Å². The number of ether oxygens (including phenoxy) is 2. The number of amides is 2. The third-order valence-electron chi connectivity index (χ3n) is 5.71. The Morgan fingerprint density at radius 1 is 1.13 bits per heavy atom. The van der Waals surface area contributed by atoms with Gasteiger partial charge in [0.05, 0.1) is 14.2 Å². The van der Waals surface area contributed by atoms with E-state index in [1.165, 1.54) is 12.0 Å². The minimum Gasteiger partial charge on any atom is -0.497 e. The summed E-state index contributed by atoms with van der Waals surface area (Å²) in [6, 6.07) is 15.5. The van der Waals surface area contributed by atoms with Crippen molar-refractivity contribution in [3.63, 3.8) is 0 Å². The zero-order chi connectivity index (χ0) is 21.3. The van der Waals surface area contributed by atoms with Gasteiger partial charge in [-0.05, 0) is 67.6 Å². The molecule has 2 amide bonds. The van der Waals surface area contributed by atoms with Gasteiger partial charge >= 0.3 is 6.03 Å². The van der Waals surface area contributed by atoms with E-state index >= 15 is 0 Å². The van der Waals surface area contributed by atoms with Gasteiger partial charge in [-0.3, -0.25) is 0 Å². The van der Waals surface area contributed by atoms with Crippen molar-refractivity contribution in [3.05, 3.63) is 54.1 Å². The van der Waals surface area contributed by atoms with Crippen molar-refractivity contribution >= 4 is 11.7 Å². The highest BCUT2D eigenvalue weighted by atomic mass is 16.5. The summed E-state index contributed by atoms with van der Waals surface area (Å²) in [5.74, 6) is 2.22. The van der Waals surface area contributed by atoms with Crippen LogP contribution < -0.4 is 14.8 Å². The van der Waals surface area contributed by atoms with Gasteiger partial charge in [0.2, 0.25) is 0 Å². The zero-order valence-electron chi connectivity index (χ0n) is 18.3. The van der Waals surface area contributed by atoms with Gasteiger partial charge in [0, 0.05) is 32.4 Å². The highest BCUT2D eigenvalue weighted by Gasteiger charge is 2.23. The van der Waals surface area contributed by atoms with Gasteiger partial charge in [0.1, 0.15) is 11.5 Å². The minimum absolute atomic E-state index is 0.0775. The molecule has 2 aromatic rings. The SMILES string of the molecule is COc1ccc(NC(=O)N(C)C[C@H]2CCCN(CCc3ccccc3OC)C2)cc1. The van der Waals surface area contributed by atoms with E-state index in [0.29, 0.717) is 5.92 Å². The van der Waals surface area contributed by atoms with Crippen LogP contribution in [0.4, 0.5) is 10.5 Å². The molecule has 0 aliphatic carbocycles. The van der Waals surface area contributed by atoms with E-state index in [2.05, 4.69) is 22.3 Å². The lowest BCUT2D eigenvalue weighted by molar-refractivity contribution is 0.150. The fourth-order valence-corrected chi connectivity index (χ4v) is 4.05. The second kappa shape index (κ2) is 10.9. The molecule has 1 aliphatic heterocycles. The van der Waals surface area contributed by atoms with Crippen molar-refractivity contribution in [2.45, 2.75) is 19.3 Å². The van der Waals surface area contributed by atoms with Gasteiger partial charge < -0.3 is 24.6 Å². The molecule has 0 unspecified atom stereocenters. The molecular weight excluding hydrogens is 378 g/mol. The van der Waals surface area contributed by atoms with Crippen molar-refractivity contribution in [3.8, 4) is 11.5 Å². The standard InChI is InChI=1S/C24H33N3O3/c1-26(24(28)25-21-10-12-22(29-2)13-11-21)17-19-7-6-15-27(18-19)16-14-20-8-4-5-9-23(20)30-3/h4-5,8-13,19H,6-7,14-18H2,1-3H3,(H,25,28)/t19-/m1/s1. The second-order valence-corrected chi connectivity index (χ2v) is 7.91. The molecule has 3 rings (SSSR count). The molecule has 0 aromatic heterocycles. The van der Waals surface area contributed by atoms with Crippen LogP contribution in [0.25, 0.3) is 0 Å². The molecule has 0 spiro atoms. The number of hydrogen-bond donors (Lipinski definition) is 1. The molecule has 2 aromatic carbocycles. The first-order valence-electron chi connectivity index (χ1n) is 10.6. The minimum atomic E-state index is -0.0775. The van der Waals surface area contributed by atoms with Crippen LogP contribution in [0.3, 0.4) is 0 Å². The number of likely N-dealkylation sites (tertiary alicyclic amines) is 1. The fraction of sp³-hybridized carbons (Fsp3) is 0.458. The molecule has 0 radical (unpaired) electrons. The maximum Gasteiger partial charge on any atom is 0.321 e. The van der Waals surface area contributed by atoms with E-state index in [0.717, 1.165) is 56.2 Å². The van der Waals surface area contributed by atoms with Crippen LogP contribution in [0.15, 0.2) is 48.5 Å². The summed E-state index contributed by atoms with van der Waals surface area (Å²) in [5, 5.41) is 2.96. The summed E-state index contributed by atoms with van der Waals surface area (Å²) in [6.07, 6.45) is 3.31. The van der Waals surface area contributed by atoms with Gasteiger partial charge in [-0.2, -0.15) is 0 Å². The number of carbonyl (C=O) groups is 1. The van der Waals surface area contributed by atoms with E-state index in [-0.39, 0.29) is 6.03 Å². The van der Waals surface area contributed by atoms with Crippen LogP contribution in [-0.4, -0.2) is 63.3 Å². The van der Waals surface area contributed by atoms with Crippen molar-refractivity contribution in [1.29, 1.82) is 0 Å². The first-order chi connectivity index (χ1) is 14.6. The molecule has 1 atom stereocenters. The van der Waals surface area contributed by atoms with Gasteiger partial charge in [0.25, 0.3) is 0 Å². The average Bonchev–Trinajstić information content (AvgIpc) is 2.78. The first kappa shape index (κ1) is 22.0. The Hall–Kier alpha value is -2.73. The average molecular weight is 412 g/mol. The summed E-state index contributed by atoms with van der Waals surface area (Å²) in [4.78, 5) is 16.9. The van der Waals surface area contributed by atoms with Gasteiger partial charge in [0.15, 0.2) is 0 Å². The molecule has 1 N–H and O–H groups in total. The predicted molar refractivity (Wildman–Crippen MR) is 121 cm³/mol. The Bertz CT molecular complexity index is 810. The van der Waals surface area contributed by atoms with Crippen LogP contribution in [0.2, 0.25) is 0 Å². The summed E-state index contributed by atoms with van der Waals surface area (Å²) >= 11 is 0. The molecule has 1 aliphatic rings. The number of nitrogens with one attached hydrogen (secondary N) is 1. The first-order valence-corrected chi connectivity index (χ1v) is 10.6. The molecule has 162 valence electrons. The molecule has 0 bridgehead atoms. The lowest BCUT2D eigenvalue weighted by Gasteiger charge is -2.34. The molecule has 6 heteroatoms. The Kier molecular flexibility index (Phi) is 7.97. The second-order valence-electron chi connectivity index (χ2n) is 7.91. The molecule has 1 fully saturated rings. The summed E-state index contributed by atoms with van der Waals surface area (Å²) in [5.41, 5.74) is 2.02. The van der Waals surface area contributed by atoms with Crippen LogP contribution in [0, 0.1) is 5.92 Å². The zero-order valence-corrected chi connectivity index (χ0v) is 18.3. The molecule has 30 heavy (non-hydrogen) atoms. The Balaban J connectivity index is 1.46. The maximum absolute atomic E-state index is 12.6. The number of anilines is 1. The molecule has 1 heterocycles. The number of piperidine rings is 1. The highest BCUT2D eigenvalue weighted by Crippen LogP contribution is 2.21. The van der Waals surface area contributed by atoms with Crippen LogP contribution in [0.5, 0.6) is 11.5 Å². The number of nitrogens with zero attached hydrogens (tertiary/aromatic N) is 2. The summed E-state index contributed by atoms with van der Waals surface area (Å²) < 4.78 is 10.6. The van der Waals surface area contributed by atoms with Crippen molar-refractivity contribution in [1.82, 2.24) is 9.80 Å². The quantitative estimate of drug-likeness (QED) is 0.710. The summed E-state index contributed by atoms with van der Waals surface area (Å²) in [6.45, 7) is 3.91. The van der Waals surface area contributed by atoms with Gasteiger partial charge in [-0.15, -0.1) is 0 Å². The van der Waals surface area contributed by atoms with E-state index in [1.807, 2.05) is 43.4 Å². The smallest absolute Gasteiger partial charge is 0.321 e. The van der Waals surface area contributed by atoms with Gasteiger partial charge in [-0.1, -0.05) is 18.2 Å². The number of rotatable bonds is 8. The number of para-hydroxylation sites is 1. The summed E-state index contributed by atoms with van der Waals surface area (Å²) in [7, 11) is 5.22. The monoisotopic (exact) mass is 411 g/mol. The van der Waals surface area contributed by atoms with E-state index in [4.69, 9.17) is 9.47 Å². The number of carbonyl (C=O) groups excluding carboxylic acids is 1. The fourth-order valence-electron chi connectivity index (χ4n) is 4.05. The van der Waals surface area contributed by atoms with Crippen molar-refractivity contribution < 1.29 is 14.3 Å². The largest absolute Gasteiger partial charge is 0.497 e. The normalized spacial score (nSPS) is 16.7. The topological polar surface area (TPSA) is 54.0 Å².